The molecule has 0 spiro atoms. The predicted molar refractivity (Wildman–Crippen MR) is 260 cm³/mol. The van der Waals surface area contributed by atoms with Gasteiger partial charge in [0.15, 0.2) is 55.5 Å². The third-order valence-corrected chi connectivity index (χ3v) is 19.8. The molecule has 0 bridgehead atoms. The molecule has 462 valence electrons. The Hall–Kier alpha value is -2.47. The van der Waals surface area contributed by atoms with Gasteiger partial charge in [0, 0.05) is 0 Å². The average Bonchev–Trinajstić information content (AvgIpc) is 3.67. The van der Waals surface area contributed by atoms with Gasteiger partial charge in [0.2, 0.25) is 0 Å². The van der Waals surface area contributed by atoms with Crippen LogP contribution < -0.4 is 0 Å². The van der Waals surface area contributed by atoms with E-state index in [0.29, 0.717) is 54.8 Å². The fourth-order valence-corrected chi connectivity index (χ4v) is 16.5. The molecule has 7 aliphatic rings. The average molecular weight is 1240 g/mol. The highest BCUT2D eigenvalue weighted by Crippen LogP contribution is 2.68. The summed E-state index contributed by atoms with van der Waals surface area (Å²) in [4.78, 5) is 37.9. The number of rotatable bonds is 22. The van der Waals surface area contributed by atoms with Crippen LogP contribution in [0.15, 0.2) is 0 Å². The number of aliphatic carboxylic acids is 3. The zero-order valence-electron chi connectivity index (χ0n) is 43.9. The highest BCUT2D eigenvalue weighted by atomic mass is 32.3. The van der Waals surface area contributed by atoms with Crippen molar-refractivity contribution in [2.45, 2.75) is 210 Å². The maximum Gasteiger partial charge on any atom is 0.397 e. The van der Waals surface area contributed by atoms with Crippen LogP contribution in [0.1, 0.15) is 112 Å². The summed E-state index contributed by atoms with van der Waals surface area (Å²) in [5.74, 6) is -3.09. The van der Waals surface area contributed by atoms with E-state index >= 15 is 0 Å². The van der Waals surface area contributed by atoms with Crippen molar-refractivity contribution >= 4 is 59.5 Å². The van der Waals surface area contributed by atoms with Crippen molar-refractivity contribution in [2.24, 2.45) is 52.3 Å². The van der Waals surface area contributed by atoms with Crippen molar-refractivity contribution in [3.63, 3.8) is 0 Å². The molecule has 3 aliphatic heterocycles. The van der Waals surface area contributed by atoms with Gasteiger partial charge in [0.1, 0.15) is 36.6 Å². The van der Waals surface area contributed by atoms with E-state index in [2.05, 4.69) is 47.2 Å². The summed E-state index contributed by atoms with van der Waals surface area (Å²) in [7, 11) is -23.2. The summed E-state index contributed by atoms with van der Waals surface area (Å²) >= 11 is 0. The van der Waals surface area contributed by atoms with E-state index < -0.39 is 158 Å². The Bertz CT molecular complexity index is 2690. The predicted octanol–water partition coefficient (Wildman–Crippen LogP) is 0.527. The molecule has 10 N–H and O–H groups in total. The van der Waals surface area contributed by atoms with Crippen LogP contribution >= 0.6 is 0 Å². The molecule has 80 heavy (non-hydrogen) atoms. The molecule has 3 heterocycles. The minimum absolute atomic E-state index is 0.0786. The molecule has 0 aromatic carbocycles. The molecule has 0 aromatic rings. The molecule has 0 aromatic heterocycles. The van der Waals surface area contributed by atoms with Gasteiger partial charge in [-0.05, 0) is 110 Å². The lowest BCUT2D eigenvalue weighted by Crippen LogP contribution is -2.68. The summed E-state index contributed by atoms with van der Waals surface area (Å²) in [6.45, 7) is 11.7. The van der Waals surface area contributed by atoms with Gasteiger partial charge in [-0.15, -0.1) is 0 Å². The summed E-state index contributed by atoms with van der Waals surface area (Å²) in [6.07, 6.45) is -31.1. The van der Waals surface area contributed by atoms with Crippen molar-refractivity contribution in [1.29, 1.82) is 0 Å². The first kappa shape index (κ1) is 65.1. The smallest absolute Gasteiger partial charge is 0.397 e. The van der Waals surface area contributed by atoms with E-state index in [4.69, 9.17) is 32.6 Å². The molecule has 3 saturated heterocycles. The third kappa shape index (κ3) is 14.6. The number of aliphatic hydroxyl groups excluding tert-OH is 3. The zero-order chi connectivity index (χ0) is 59.6. The number of carbonyl (C=O) groups is 3. The maximum absolute atomic E-state index is 13.0. The Morgan fingerprint density at radius 3 is 1.35 bits per heavy atom. The monoisotopic (exact) mass is 1240 g/mol. The minimum atomic E-state index is -5.93. The SMILES string of the molecule is CC(C)CCC[C@@H](C)[C@H]1CC[C@H]2[C@@H]3CC[C@H]4C[C@@H](O[C@@H]5O[C@@H](C(=O)O)[C@@H](O[C@@H]6O[C@@H](C(=O)O)[C@@H](O[C@@H]7O[C@@H](C(=O)O)[C@@H](OS(=O)(=O)O)[C@H](O)[C@H]7OS(=O)(=O)O)[C@H](O)[C@H]6OS(=O)(=O)O)[C@H](O)[C@H]5OS(=O)(=O)O)CC[C@]4(C)[C@H]3CC[C@]12C. The summed E-state index contributed by atoms with van der Waals surface area (Å²) < 4.78 is 185. The Balaban J connectivity index is 1.10. The molecule has 4 aliphatic carbocycles. The Morgan fingerprint density at radius 2 is 0.912 bits per heavy atom. The summed E-state index contributed by atoms with van der Waals surface area (Å²) in [5, 5.41) is 64.7. The van der Waals surface area contributed by atoms with Crippen LogP contribution in [0.3, 0.4) is 0 Å². The van der Waals surface area contributed by atoms with Crippen LogP contribution in [0.5, 0.6) is 0 Å². The van der Waals surface area contributed by atoms with Crippen LogP contribution in [-0.2, 0) is 101 Å². The zero-order valence-corrected chi connectivity index (χ0v) is 47.2. The van der Waals surface area contributed by atoms with Crippen LogP contribution in [0.2, 0.25) is 0 Å². The fourth-order valence-electron chi connectivity index (χ4n) is 14.5. The topological polar surface area (TPSA) is 482 Å². The second-order valence-electron chi connectivity index (χ2n) is 23.1. The van der Waals surface area contributed by atoms with Gasteiger partial charge >= 0.3 is 59.5 Å². The van der Waals surface area contributed by atoms with Gasteiger partial charge in [0.25, 0.3) is 0 Å². The van der Waals surface area contributed by atoms with Crippen LogP contribution in [0.4, 0.5) is 0 Å². The van der Waals surface area contributed by atoms with E-state index in [0.717, 1.165) is 25.7 Å². The second kappa shape index (κ2) is 24.5. The molecular formula is C45H72O31S4. The van der Waals surface area contributed by atoms with E-state index in [1.165, 1.54) is 32.1 Å². The molecular weight excluding hydrogens is 1160 g/mol. The van der Waals surface area contributed by atoms with Gasteiger partial charge in [-0.2, -0.15) is 33.7 Å². The summed E-state index contributed by atoms with van der Waals surface area (Å²) in [5.41, 5.74) is 0.105. The lowest BCUT2D eigenvalue weighted by atomic mass is 9.44. The van der Waals surface area contributed by atoms with E-state index in [-0.39, 0.29) is 16.7 Å². The van der Waals surface area contributed by atoms with E-state index in [9.17, 15) is 96.9 Å². The number of fused-ring (bicyclic) bond motifs is 5. The van der Waals surface area contributed by atoms with Gasteiger partial charge in [-0.25, -0.2) is 31.1 Å². The van der Waals surface area contributed by atoms with Crippen molar-refractivity contribution in [3.05, 3.63) is 0 Å². The van der Waals surface area contributed by atoms with Crippen molar-refractivity contribution in [3.8, 4) is 0 Å². The van der Waals surface area contributed by atoms with Crippen molar-refractivity contribution in [1.82, 2.24) is 0 Å². The standard InChI is InChI=1S/C45H72O31S4/c1-18(2)7-6-8-19(3)23-11-12-24-22-10-9-20-17-21(13-15-44(20,4)25(22)14-16-45(23,24)5)67-41-32(74-78(58,59)60)26(46)29(35(70-41)38(49)50)68-42-33(75-79(61,62)63)27(47)30(36(71-42)39(51)52)69-43-34(76-80(64,65)66)28(48)31(73-77(55,56)57)37(72-43)40(53)54/h18-37,41-43,46-48H,6-17H2,1-5H3,(H,49,50)(H,51,52)(H,53,54)(H,55,56,57)(H,58,59,60)(H,61,62,63)(H,64,65,66)/t19-,20+,21+,22+,23-,24+,25+,26+,27+,28+,29+,30+,31+,32-,33-,34-,35-,36-,37-,41-,42-,43-,44+,45-/m1/s1. The molecule has 0 unspecified atom stereocenters. The minimum Gasteiger partial charge on any atom is -0.479 e. The summed E-state index contributed by atoms with van der Waals surface area (Å²) in [6, 6.07) is 0. The normalized spacial score (nSPS) is 43.1. The van der Waals surface area contributed by atoms with Crippen LogP contribution in [0.25, 0.3) is 0 Å². The quantitative estimate of drug-likeness (QED) is 0.0522. The maximum atomic E-state index is 13.0. The first-order valence-corrected chi connectivity index (χ1v) is 31.6. The molecule has 31 nitrogen and oxygen atoms in total. The fraction of sp³-hybridized carbons (Fsp3) is 0.933. The Kier molecular flexibility index (Phi) is 19.9. The first-order chi connectivity index (χ1) is 36.8. The second-order valence-corrected chi connectivity index (χ2v) is 27.3. The molecule has 24 atom stereocenters. The van der Waals surface area contributed by atoms with Gasteiger partial charge in [0.05, 0.1) is 6.10 Å². The first-order valence-electron chi connectivity index (χ1n) is 26.1. The number of hydrogen-bond donors (Lipinski definition) is 10. The molecule has 0 amide bonds. The van der Waals surface area contributed by atoms with Crippen molar-refractivity contribution in [2.75, 3.05) is 0 Å². The Morgan fingerprint density at radius 1 is 0.512 bits per heavy atom. The van der Waals surface area contributed by atoms with Crippen molar-refractivity contribution < 1.29 is 142 Å². The largest absolute Gasteiger partial charge is 0.479 e. The van der Waals surface area contributed by atoms with E-state index in [1.54, 1.807) is 0 Å². The number of aliphatic hydroxyl groups is 3. The van der Waals surface area contributed by atoms with Crippen LogP contribution in [-0.4, -0.2) is 199 Å². The van der Waals surface area contributed by atoms with Gasteiger partial charge < -0.3 is 59.1 Å². The Labute approximate surface area is 461 Å². The van der Waals surface area contributed by atoms with E-state index in [1.807, 2.05) is 0 Å². The lowest BCUT2D eigenvalue weighted by Gasteiger charge is -2.61. The molecule has 0 radical (unpaired) electrons. The lowest BCUT2D eigenvalue weighted by molar-refractivity contribution is -0.367. The number of hydrogen-bond acceptors (Lipinski definition) is 24. The highest BCUT2D eigenvalue weighted by Gasteiger charge is 2.63. The molecule has 35 heteroatoms. The highest BCUT2D eigenvalue weighted by molar-refractivity contribution is 7.81. The number of ether oxygens (including phenoxy) is 6. The van der Waals surface area contributed by atoms with Gasteiger partial charge in [-0.1, -0.05) is 53.9 Å². The molecule has 7 rings (SSSR count). The molecule has 7 fully saturated rings. The third-order valence-electron chi connectivity index (χ3n) is 18.0. The van der Waals surface area contributed by atoms with Crippen LogP contribution in [0, 0.1) is 52.3 Å². The number of carboxylic acids is 3. The number of carboxylic acid groups (broad SMARTS) is 3. The molecule has 4 saturated carbocycles. The van der Waals surface area contributed by atoms with Gasteiger partial charge in [-0.3, -0.25) is 18.2 Å².